The van der Waals surface area contributed by atoms with Crippen LogP contribution in [0.5, 0.6) is 0 Å². The van der Waals surface area contributed by atoms with Gasteiger partial charge in [-0.3, -0.25) is 0 Å². The minimum Gasteiger partial charge on any atom is -0.396 e. The lowest BCUT2D eigenvalue weighted by molar-refractivity contribution is 0.379. The SMILES string of the molecule is C=C(NCc1ncn2ccc(C)c(F)c12)/C(N)=C/N(N)Cc1cn2cc(C3CC3)cc(CC)c2n1.CC. The van der Waals surface area contributed by atoms with Gasteiger partial charge in [-0.05, 0) is 54.9 Å². The molecule has 0 amide bonds. The van der Waals surface area contributed by atoms with Crippen LogP contribution in [0.4, 0.5) is 4.39 Å². The van der Waals surface area contributed by atoms with Gasteiger partial charge in [0.15, 0.2) is 5.82 Å². The van der Waals surface area contributed by atoms with Gasteiger partial charge >= 0.3 is 0 Å². The monoisotopic (exact) mass is 504 g/mol. The Kier molecular flexibility index (Phi) is 7.83. The van der Waals surface area contributed by atoms with Gasteiger partial charge in [0.25, 0.3) is 0 Å². The molecule has 1 aliphatic rings. The zero-order chi connectivity index (χ0) is 26.7. The van der Waals surface area contributed by atoms with Crippen molar-refractivity contribution in [2.24, 2.45) is 11.6 Å². The fourth-order valence-corrected chi connectivity index (χ4v) is 4.34. The van der Waals surface area contributed by atoms with Gasteiger partial charge in [-0.1, -0.05) is 33.4 Å². The maximum Gasteiger partial charge on any atom is 0.152 e. The van der Waals surface area contributed by atoms with E-state index in [0.717, 1.165) is 17.8 Å². The van der Waals surface area contributed by atoms with Crippen molar-refractivity contribution in [1.29, 1.82) is 0 Å². The molecule has 1 aliphatic carbocycles. The molecule has 4 aromatic rings. The molecule has 37 heavy (non-hydrogen) atoms. The first-order chi connectivity index (χ1) is 17.8. The maximum absolute atomic E-state index is 14.6. The number of hydrogen-bond acceptors (Lipinski definition) is 6. The standard InChI is InChI=1S/C26H31FN8.C2H6/c1-4-18-9-20(19-5-6-19)11-34-12-21(32-26(18)34)13-35(29)14-22(28)17(3)30-10-23-25-24(27)16(2)7-8-33(25)15-31-23;1-2/h7-9,11-12,14-15,19,30H,3-6,10,13,28-29H2,1-2H3;1-2H3/b22-14-;. The van der Waals surface area contributed by atoms with Crippen molar-refractivity contribution in [3.05, 3.63) is 95.1 Å². The Morgan fingerprint density at radius 1 is 1.30 bits per heavy atom. The largest absolute Gasteiger partial charge is 0.396 e. The Labute approximate surface area is 217 Å². The molecule has 5 N–H and O–H groups in total. The number of fused-ring (bicyclic) bond motifs is 2. The summed E-state index contributed by atoms with van der Waals surface area (Å²) in [5.41, 5.74) is 13.1. The zero-order valence-electron chi connectivity index (χ0n) is 22.1. The van der Waals surface area contributed by atoms with Crippen molar-refractivity contribution in [2.45, 2.75) is 66.0 Å². The predicted octanol–water partition coefficient (Wildman–Crippen LogP) is 4.67. The number of halogens is 1. The highest BCUT2D eigenvalue weighted by molar-refractivity contribution is 5.55. The van der Waals surface area contributed by atoms with Gasteiger partial charge in [0.2, 0.25) is 0 Å². The topological polar surface area (TPSA) is 102 Å². The summed E-state index contributed by atoms with van der Waals surface area (Å²) in [5.74, 6) is 6.62. The molecular weight excluding hydrogens is 467 g/mol. The van der Waals surface area contributed by atoms with Gasteiger partial charge in [-0.2, -0.15) is 0 Å². The number of nitrogens with zero attached hydrogens (tertiary/aromatic N) is 5. The van der Waals surface area contributed by atoms with Crippen molar-refractivity contribution in [3.63, 3.8) is 0 Å². The Balaban J connectivity index is 0.00000156. The zero-order valence-corrected chi connectivity index (χ0v) is 22.1. The van der Waals surface area contributed by atoms with Crippen LogP contribution in [0.3, 0.4) is 0 Å². The summed E-state index contributed by atoms with van der Waals surface area (Å²) in [7, 11) is 0. The molecule has 9 heteroatoms. The van der Waals surface area contributed by atoms with Gasteiger partial charge in [0.1, 0.15) is 11.2 Å². The number of nitrogens with two attached hydrogens (primary N) is 2. The minimum atomic E-state index is -0.285. The van der Waals surface area contributed by atoms with Crippen LogP contribution in [0.15, 0.2) is 61.2 Å². The van der Waals surface area contributed by atoms with Gasteiger partial charge in [0.05, 0.1) is 42.2 Å². The molecule has 0 bridgehead atoms. The van der Waals surface area contributed by atoms with Gasteiger partial charge in [-0.15, -0.1) is 0 Å². The number of nitrogens with one attached hydrogen (secondary N) is 1. The van der Waals surface area contributed by atoms with Crippen LogP contribution in [0.2, 0.25) is 0 Å². The summed E-state index contributed by atoms with van der Waals surface area (Å²) in [6.45, 7) is 12.5. The van der Waals surface area contributed by atoms with Gasteiger partial charge < -0.3 is 24.9 Å². The second kappa shape index (κ2) is 11.0. The summed E-state index contributed by atoms with van der Waals surface area (Å²) in [6.07, 6.45) is 12.7. The summed E-state index contributed by atoms with van der Waals surface area (Å²) in [5, 5.41) is 4.61. The van der Waals surface area contributed by atoms with Gasteiger partial charge in [0, 0.05) is 24.8 Å². The van der Waals surface area contributed by atoms with Crippen LogP contribution >= 0.6 is 0 Å². The third-order valence-electron chi connectivity index (χ3n) is 6.50. The number of aromatic nitrogens is 4. The molecular formula is C28H37FN8. The fraction of sp³-hybridized carbons (Fsp3) is 0.357. The molecule has 0 saturated heterocycles. The Morgan fingerprint density at radius 3 is 2.76 bits per heavy atom. The number of rotatable bonds is 9. The second-order valence-corrected chi connectivity index (χ2v) is 9.24. The van der Waals surface area contributed by atoms with Gasteiger partial charge in [-0.25, -0.2) is 20.2 Å². The normalized spacial score (nSPS) is 13.5. The molecule has 0 spiro atoms. The van der Waals surface area contributed by atoms with Crippen molar-refractivity contribution in [2.75, 3.05) is 0 Å². The van der Waals surface area contributed by atoms with E-state index in [1.54, 1.807) is 36.1 Å². The molecule has 4 heterocycles. The Morgan fingerprint density at radius 2 is 2.05 bits per heavy atom. The number of aryl methyl sites for hydroxylation is 2. The molecule has 0 aromatic carbocycles. The lowest BCUT2D eigenvalue weighted by Crippen LogP contribution is -2.28. The first-order valence-electron chi connectivity index (χ1n) is 12.9. The maximum atomic E-state index is 14.6. The minimum absolute atomic E-state index is 0.282. The van der Waals surface area contributed by atoms with E-state index in [0.29, 0.717) is 40.6 Å². The van der Waals surface area contributed by atoms with Crippen LogP contribution < -0.4 is 16.9 Å². The summed E-state index contributed by atoms with van der Waals surface area (Å²) in [4.78, 5) is 9.11. The highest BCUT2D eigenvalue weighted by Gasteiger charge is 2.25. The van der Waals surface area contributed by atoms with Crippen LogP contribution in [-0.2, 0) is 19.5 Å². The molecule has 1 saturated carbocycles. The lowest BCUT2D eigenvalue weighted by atomic mass is 10.1. The molecule has 0 unspecified atom stereocenters. The third kappa shape index (κ3) is 5.61. The average molecular weight is 505 g/mol. The van der Waals surface area contributed by atoms with Crippen LogP contribution in [0.25, 0.3) is 11.2 Å². The van der Waals surface area contributed by atoms with Crippen molar-refractivity contribution < 1.29 is 4.39 Å². The van der Waals surface area contributed by atoms with Crippen LogP contribution in [0, 0.1) is 12.7 Å². The van der Waals surface area contributed by atoms with Crippen molar-refractivity contribution >= 4 is 11.2 Å². The molecule has 5 rings (SSSR count). The van der Waals surface area contributed by atoms with Crippen LogP contribution in [-0.4, -0.2) is 23.8 Å². The van der Waals surface area contributed by atoms with E-state index in [-0.39, 0.29) is 12.4 Å². The summed E-state index contributed by atoms with van der Waals surface area (Å²) in [6, 6.07) is 4.00. The summed E-state index contributed by atoms with van der Waals surface area (Å²) < 4.78 is 18.3. The summed E-state index contributed by atoms with van der Waals surface area (Å²) >= 11 is 0. The van der Waals surface area contributed by atoms with Crippen LogP contribution in [0.1, 0.15) is 67.6 Å². The molecule has 196 valence electrons. The van der Waals surface area contributed by atoms with Crippen molar-refractivity contribution in [3.8, 4) is 0 Å². The number of imidazole rings is 2. The number of pyridine rings is 2. The van der Waals surface area contributed by atoms with E-state index in [9.17, 15) is 4.39 Å². The second-order valence-electron chi connectivity index (χ2n) is 9.24. The van der Waals surface area contributed by atoms with E-state index in [4.69, 9.17) is 16.6 Å². The molecule has 0 radical (unpaired) electrons. The Bertz CT molecular complexity index is 1440. The lowest BCUT2D eigenvalue weighted by Gasteiger charge is -2.15. The van der Waals surface area contributed by atoms with Crippen molar-refractivity contribution in [1.82, 2.24) is 29.1 Å². The van der Waals surface area contributed by atoms with E-state index in [1.165, 1.54) is 29.0 Å². The molecule has 1 fully saturated rings. The first kappa shape index (κ1) is 26.2. The first-order valence-corrected chi connectivity index (χ1v) is 12.9. The van der Waals surface area contributed by atoms with E-state index < -0.39 is 0 Å². The van der Waals surface area contributed by atoms with E-state index in [2.05, 4.69) is 40.5 Å². The quantitative estimate of drug-likeness (QED) is 0.174. The molecule has 8 nitrogen and oxygen atoms in total. The average Bonchev–Trinajstić information content (AvgIpc) is 3.54. The highest BCUT2D eigenvalue weighted by atomic mass is 19.1. The van der Waals surface area contributed by atoms with E-state index in [1.807, 2.05) is 20.0 Å². The fourth-order valence-electron chi connectivity index (χ4n) is 4.34. The Hall–Kier alpha value is -3.85. The number of hydrazine groups is 1. The predicted molar refractivity (Wildman–Crippen MR) is 146 cm³/mol. The molecule has 4 aromatic heterocycles. The van der Waals surface area contributed by atoms with E-state index >= 15 is 0 Å². The number of hydrogen-bond donors (Lipinski definition) is 3. The molecule has 0 atom stereocenters. The highest BCUT2D eigenvalue weighted by Crippen LogP contribution is 2.40. The smallest absolute Gasteiger partial charge is 0.152 e. The third-order valence-corrected chi connectivity index (χ3v) is 6.50. The molecule has 0 aliphatic heterocycles.